The molecular formula is C14H16N2O. The van der Waals surface area contributed by atoms with Gasteiger partial charge in [0.05, 0.1) is 18.8 Å². The topological polar surface area (TPSA) is 30.4 Å². The van der Waals surface area contributed by atoms with Crippen LogP contribution in [-0.4, -0.2) is 16.4 Å². The van der Waals surface area contributed by atoms with E-state index in [1.54, 1.807) is 0 Å². The van der Waals surface area contributed by atoms with E-state index in [1.807, 2.05) is 6.07 Å². The smallest absolute Gasteiger partial charge is 0.110 e. The molecule has 1 aromatic heterocycles. The maximum atomic E-state index is 5.37. The van der Waals surface area contributed by atoms with Crippen molar-refractivity contribution in [2.75, 3.05) is 6.61 Å². The highest BCUT2D eigenvalue weighted by molar-refractivity contribution is 5.30. The van der Waals surface area contributed by atoms with Crippen LogP contribution < -0.4 is 0 Å². The Labute approximate surface area is 101 Å². The highest BCUT2D eigenvalue weighted by Gasteiger charge is 2.30. The molecule has 2 aromatic rings. The van der Waals surface area contributed by atoms with Gasteiger partial charge in [-0.2, -0.15) is 5.10 Å². The first-order valence-electron chi connectivity index (χ1n) is 5.95. The number of aryl methyl sites for hydroxylation is 1. The number of rotatable bonds is 3. The quantitative estimate of drug-likeness (QED) is 0.756. The Morgan fingerprint density at radius 3 is 2.65 bits per heavy atom. The third-order valence-corrected chi connectivity index (χ3v) is 3.27. The van der Waals surface area contributed by atoms with Crippen LogP contribution in [0, 0.1) is 13.8 Å². The van der Waals surface area contributed by atoms with Crippen molar-refractivity contribution in [1.29, 1.82) is 0 Å². The van der Waals surface area contributed by atoms with E-state index in [0.717, 1.165) is 18.8 Å². The molecule has 0 saturated carbocycles. The molecule has 0 radical (unpaired) electrons. The largest absolute Gasteiger partial charge is 0.368 e. The van der Waals surface area contributed by atoms with Crippen LogP contribution in [0.3, 0.4) is 0 Å². The fraction of sp³-hybridized carbons (Fsp3) is 0.357. The van der Waals surface area contributed by atoms with E-state index >= 15 is 0 Å². The minimum absolute atomic E-state index is 0.291. The normalized spacial score (nSPS) is 18.4. The maximum Gasteiger partial charge on any atom is 0.110 e. The average molecular weight is 228 g/mol. The van der Waals surface area contributed by atoms with Gasteiger partial charge in [-0.25, -0.2) is 0 Å². The molecule has 1 aliphatic rings. The SMILES string of the molecule is Cc1nn(Cc2ccccc2)c(C)c1C1CO1. The lowest BCUT2D eigenvalue weighted by molar-refractivity contribution is 0.414. The van der Waals surface area contributed by atoms with Gasteiger partial charge in [0.15, 0.2) is 0 Å². The van der Waals surface area contributed by atoms with Crippen molar-refractivity contribution in [3.63, 3.8) is 0 Å². The Morgan fingerprint density at radius 2 is 2.00 bits per heavy atom. The first kappa shape index (κ1) is 10.5. The van der Waals surface area contributed by atoms with E-state index in [4.69, 9.17) is 4.74 Å². The van der Waals surface area contributed by atoms with Crippen LogP contribution in [0.4, 0.5) is 0 Å². The van der Waals surface area contributed by atoms with Gasteiger partial charge in [0.2, 0.25) is 0 Å². The van der Waals surface area contributed by atoms with E-state index in [-0.39, 0.29) is 0 Å². The zero-order chi connectivity index (χ0) is 11.8. The van der Waals surface area contributed by atoms with E-state index in [1.165, 1.54) is 16.8 Å². The molecule has 0 aliphatic carbocycles. The lowest BCUT2D eigenvalue weighted by Crippen LogP contribution is -2.04. The highest BCUT2D eigenvalue weighted by atomic mass is 16.6. The van der Waals surface area contributed by atoms with E-state index in [2.05, 4.69) is 47.9 Å². The molecular weight excluding hydrogens is 212 g/mol. The summed E-state index contributed by atoms with van der Waals surface area (Å²) in [6, 6.07) is 10.4. The Kier molecular flexibility index (Phi) is 2.48. The summed E-state index contributed by atoms with van der Waals surface area (Å²) in [4.78, 5) is 0. The molecule has 17 heavy (non-hydrogen) atoms. The minimum Gasteiger partial charge on any atom is -0.368 e. The van der Waals surface area contributed by atoms with Gasteiger partial charge >= 0.3 is 0 Å². The lowest BCUT2D eigenvalue weighted by atomic mass is 10.1. The standard InChI is InChI=1S/C14H16N2O/c1-10-14(13-9-17-13)11(2)16(15-10)8-12-6-4-3-5-7-12/h3-7,13H,8-9H2,1-2H3. The number of epoxide rings is 1. The molecule has 0 N–H and O–H groups in total. The van der Waals surface area contributed by atoms with Crippen LogP contribution in [0.1, 0.15) is 28.6 Å². The van der Waals surface area contributed by atoms with Crippen LogP contribution in [0.15, 0.2) is 30.3 Å². The Hall–Kier alpha value is -1.61. The van der Waals surface area contributed by atoms with E-state index in [9.17, 15) is 0 Å². The van der Waals surface area contributed by atoms with Crippen molar-refractivity contribution in [2.45, 2.75) is 26.5 Å². The van der Waals surface area contributed by atoms with Crippen LogP contribution in [-0.2, 0) is 11.3 Å². The van der Waals surface area contributed by atoms with Gasteiger partial charge in [-0.1, -0.05) is 30.3 Å². The van der Waals surface area contributed by atoms with Gasteiger partial charge in [0, 0.05) is 11.3 Å². The highest BCUT2D eigenvalue weighted by Crippen LogP contribution is 2.34. The molecule has 3 nitrogen and oxygen atoms in total. The summed E-state index contributed by atoms with van der Waals surface area (Å²) in [7, 11) is 0. The second-order valence-electron chi connectivity index (χ2n) is 4.55. The molecule has 2 heterocycles. The van der Waals surface area contributed by atoms with Gasteiger partial charge in [-0.05, 0) is 19.4 Å². The third-order valence-electron chi connectivity index (χ3n) is 3.27. The number of hydrogen-bond donors (Lipinski definition) is 0. The van der Waals surface area contributed by atoms with E-state index < -0.39 is 0 Å². The molecule has 88 valence electrons. The third kappa shape index (κ3) is 1.98. The summed E-state index contributed by atoms with van der Waals surface area (Å²) in [6.45, 7) is 5.87. The van der Waals surface area contributed by atoms with Gasteiger partial charge in [0.1, 0.15) is 6.10 Å². The minimum atomic E-state index is 0.291. The number of benzene rings is 1. The summed E-state index contributed by atoms with van der Waals surface area (Å²) in [6.07, 6.45) is 0.291. The van der Waals surface area contributed by atoms with Gasteiger partial charge < -0.3 is 4.74 Å². The van der Waals surface area contributed by atoms with Crippen LogP contribution in [0.5, 0.6) is 0 Å². The predicted octanol–water partition coefficient (Wildman–Crippen LogP) is 2.62. The zero-order valence-corrected chi connectivity index (χ0v) is 10.2. The van der Waals surface area contributed by atoms with Crippen molar-refractivity contribution in [3.8, 4) is 0 Å². The summed E-state index contributed by atoms with van der Waals surface area (Å²) in [5.41, 5.74) is 4.89. The van der Waals surface area contributed by atoms with Gasteiger partial charge in [-0.3, -0.25) is 4.68 Å². The maximum absolute atomic E-state index is 5.37. The van der Waals surface area contributed by atoms with Crippen molar-refractivity contribution in [2.24, 2.45) is 0 Å². The van der Waals surface area contributed by atoms with E-state index in [0.29, 0.717) is 6.10 Å². The molecule has 0 spiro atoms. The summed E-state index contributed by atoms with van der Waals surface area (Å²) in [5.74, 6) is 0. The van der Waals surface area contributed by atoms with Crippen molar-refractivity contribution < 1.29 is 4.74 Å². The van der Waals surface area contributed by atoms with Crippen molar-refractivity contribution >= 4 is 0 Å². The molecule has 0 bridgehead atoms. The second-order valence-corrected chi connectivity index (χ2v) is 4.55. The van der Waals surface area contributed by atoms with Crippen molar-refractivity contribution in [1.82, 2.24) is 9.78 Å². The van der Waals surface area contributed by atoms with Crippen LogP contribution >= 0.6 is 0 Å². The fourth-order valence-electron chi connectivity index (χ4n) is 2.30. The first-order chi connectivity index (χ1) is 8.25. The summed E-state index contributed by atoms with van der Waals surface area (Å²) < 4.78 is 7.44. The summed E-state index contributed by atoms with van der Waals surface area (Å²) in [5, 5.41) is 4.60. The Morgan fingerprint density at radius 1 is 1.29 bits per heavy atom. The zero-order valence-electron chi connectivity index (χ0n) is 10.2. The fourth-order valence-corrected chi connectivity index (χ4v) is 2.30. The number of hydrogen-bond acceptors (Lipinski definition) is 2. The number of ether oxygens (including phenoxy) is 1. The second kappa shape index (κ2) is 4.00. The molecule has 1 saturated heterocycles. The monoisotopic (exact) mass is 228 g/mol. The molecule has 3 rings (SSSR count). The molecule has 1 aliphatic heterocycles. The number of nitrogens with zero attached hydrogens (tertiary/aromatic N) is 2. The Bertz CT molecular complexity index is 527. The molecule has 1 aromatic carbocycles. The van der Waals surface area contributed by atoms with Crippen molar-refractivity contribution in [3.05, 3.63) is 52.8 Å². The molecule has 0 amide bonds. The molecule has 1 fully saturated rings. The number of aromatic nitrogens is 2. The van der Waals surface area contributed by atoms with Crippen LogP contribution in [0.25, 0.3) is 0 Å². The molecule has 1 unspecified atom stereocenters. The lowest BCUT2D eigenvalue weighted by Gasteiger charge is -2.04. The van der Waals surface area contributed by atoms with Gasteiger partial charge in [-0.15, -0.1) is 0 Å². The average Bonchev–Trinajstić information content (AvgIpc) is 3.10. The van der Waals surface area contributed by atoms with Crippen LogP contribution in [0.2, 0.25) is 0 Å². The predicted molar refractivity (Wildman–Crippen MR) is 65.9 cm³/mol. The molecule has 3 heteroatoms. The first-order valence-corrected chi connectivity index (χ1v) is 5.95. The Balaban J connectivity index is 1.91. The van der Waals surface area contributed by atoms with Gasteiger partial charge in [0.25, 0.3) is 0 Å². The molecule has 1 atom stereocenters. The summed E-state index contributed by atoms with van der Waals surface area (Å²) >= 11 is 0.